The van der Waals surface area contributed by atoms with E-state index < -0.39 is 0 Å². The lowest BCUT2D eigenvalue weighted by Crippen LogP contribution is -2.31. The summed E-state index contributed by atoms with van der Waals surface area (Å²) >= 11 is 5.50. The van der Waals surface area contributed by atoms with Gasteiger partial charge >= 0.3 is 0 Å². The van der Waals surface area contributed by atoms with E-state index in [1.165, 1.54) is 24.3 Å². The van der Waals surface area contributed by atoms with Gasteiger partial charge in [0.2, 0.25) is 0 Å². The third-order valence-corrected chi connectivity index (χ3v) is 5.43. The Hall–Kier alpha value is -0.480. The first-order valence-corrected chi connectivity index (χ1v) is 8.24. The van der Waals surface area contributed by atoms with Crippen molar-refractivity contribution in [2.45, 2.75) is 19.8 Å². The number of rotatable bonds is 3. The molecule has 0 radical (unpaired) electrons. The van der Waals surface area contributed by atoms with Gasteiger partial charge in [0, 0.05) is 11.0 Å². The minimum atomic E-state index is 0.0313. The standard InChI is InChI=1S/C14H18BrNOS/c1-10-3-2-4-12(13(10)15)14(17)16-9-11-5-7-18-8-6-11/h2-4,11H,5-9H2,1H3,(H,16,17). The maximum Gasteiger partial charge on any atom is 0.252 e. The van der Waals surface area contributed by atoms with Crippen LogP contribution < -0.4 is 5.32 Å². The van der Waals surface area contributed by atoms with E-state index in [2.05, 4.69) is 21.2 Å². The third kappa shape index (κ3) is 3.51. The molecule has 1 saturated heterocycles. The van der Waals surface area contributed by atoms with Crippen LogP contribution >= 0.6 is 27.7 Å². The highest BCUT2D eigenvalue weighted by Gasteiger charge is 2.16. The molecule has 1 aliphatic heterocycles. The number of amides is 1. The van der Waals surface area contributed by atoms with Gasteiger partial charge in [-0.05, 0) is 64.7 Å². The number of nitrogens with one attached hydrogen (secondary N) is 1. The molecule has 0 spiro atoms. The summed E-state index contributed by atoms with van der Waals surface area (Å²) in [5, 5.41) is 3.06. The smallest absolute Gasteiger partial charge is 0.252 e. The molecule has 0 atom stereocenters. The zero-order valence-corrected chi connectivity index (χ0v) is 12.9. The largest absolute Gasteiger partial charge is 0.352 e. The fourth-order valence-electron chi connectivity index (χ4n) is 2.11. The van der Waals surface area contributed by atoms with Crippen molar-refractivity contribution < 1.29 is 4.79 Å². The van der Waals surface area contributed by atoms with E-state index in [-0.39, 0.29) is 5.91 Å². The van der Waals surface area contributed by atoms with Crippen molar-refractivity contribution in [2.75, 3.05) is 18.1 Å². The summed E-state index contributed by atoms with van der Waals surface area (Å²) in [6.07, 6.45) is 2.44. The molecule has 98 valence electrons. The minimum Gasteiger partial charge on any atom is -0.352 e. The van der Waals surface area contributed by atoms with Crippen LogP contribution in [0.2, 0.25) is 0 Å². The van der Waals surface area contributed by atoms with Gasteiger partial charge in [-0.2, -0.15) is 11.8 Å². The molecule has 2 nitrogen and oxygen atoms in total. The summed E-state index contributed by atoms with van der Waals surface area (Å²) < 4.78 is 0.904. The maximum absolute atomic E-state index is 12.1. The number of hydrogen-bond donors (Lipinski definition) is 1. The first kappa shape index (κ1) is 13.9. The van der Waals surface area contributed by atoms with E-state index in [9.17, 15) is 4.79 Å². The Bertz CT molecular complexity index is 430. The molecular formula is C14H18BrNOS. The summed E-state index contributed by atoms with van der Waals surface area (Å²) in [6, 6.07) is 5.79. The van der Waals surface area contributed by atoms with Gasteiger partial charge in [-0.25, -0.2) is 0 Å². The number of halogens is 1. The predicted octanol–water partition coefficient (Wildman–Crippen LogP) is 3.63. The maximum atomic E-state index is 12.1. The summed E-state index contributed by atoms with van der Waals surface area (Å²) in [6.45, 7) is 2.80. The number of aryl methyl sites for hydroxylation is 1. The van der Waals surface area contributed by atoms with Crippen LogP contribution in [0.1, 0.15) is 28.8 Å². The minimum absolute atomic E-state index is 0.0313. The van der Waals surface area contributed by atoms with Crippen LogP contribution in [0.5, 0.6) is 0 Å². The van der Waals surface area contributed by atoms with Gasteiger partial charge in [-0.3, -0.25) is 4.79 Å². The molecule has 0 bridgehead atoms. The highest BCUT2D eigenvalue weighted by molar-refractivity contribution is 9.10. The number of benzene rings is 1. The summed E-state index contributed by atoms with van der Waals surface area (Å²) in [4.78, 5) is 12.1. The van der Waals surface area contributed by atoms with Crippen LogP contribution in [-0.4, -0.2) is 24.0 Å². The molecule has 1 N–H and O–H groups in total. The Morgan fingerprint density at radius 2 is 2.17 bits per heavy atom. The number of hydrogen-bond acceptors (Lipinski definition) is 2. The molecule has 0 aliphatic carbocycles. The lowest BCUT2D eigenvalue weighted by Gasteiger charge is -2.21. The van der Waals surface area contributed by atoms with Gasteiger partial charge in [0.25, 0.3) is 5.91 Å². The molecule has 0 aromatic heterocycles. The van der Waals surface area contributed by atoms with E-state index in [1.807, 2.05) is 36.9 Å². The molecule has 18 heavy (non-hydrogen) atoms. The summed E-state index contributed by atoms with van der Waals surface area (Å²) in [5.41, 5.74) is 1.83. The molecule has 1 aromatic rings. The molecule has 0 saturated carbocycles. The van der Waals surface area contributed by atoms with Crippen molar-refractivity contribution in [1.29, 1.82) is 0 Å². The molecular weight excluding hydrogens is 310 g/mol. The zero-order chi connectivity index (χ0) is 13.0. The fraction of sp³-hybridized carbons (Fsp3) is 0.500. The topological polar surface area (TPSA) is 29.1 Å². The Kier molecular flexibility index (Phi) is 5.13. The van der Waals surface area contributed by atoms with Crippen LogP contribution in [-0.2, 0) is 0 Å². The number of carbonyl (C=O) groups excluding carboxylic acids is 1. The lowest BCUT2D eigenvalue weighted by atomic mass is 10.0. The molecule has 1 aromatic carbocycles. The van der Waals surface area contributed by atoms with Gasteiger partial charge in [-0.1, -0.05) is 12.1 Å². The monoisotopic (exact) mass is 327 g/mol. The molecule has 0 unspecified atom stereocenters. The van der Waals surface area contributed by atoms with Crippen LogP contribution in [0.25, 0.3) is 0 Å². The van der Waals surface area contributed by atoms with Crippen molar-refractivity contribution in [1.82, 2.24) is 5.32 Å². The van der Waals surface area contributed by atoms with Crippen LogP contribution in [0.15, 0.2) is 22.7 Å². The third-order valence-electron chi connectivity index (χ3n) is 3.33. The molecule has 4 heteroatoms. The second-order valence-corrected chi connectivity index (χ2v) is 6.72. The molecule has 1 fully saturated rings. The van der Waals surface area contributed by atoms with Gasteiger partial charge in [-0.15, -0.1) is 0 Å². The highest BCUT2D eigenvalue weighted by Crippen LogP contribution is 2.23. The average Bonchev–Trinajstić information content (AvgIpc) is 2.40. The Labute approximate surface area is 121 Å². The normalized spacial score (nSPS) is 16.6. The quantitative estimate of drug-likeness (QED) is 0.918. The summed E-state index contributed by atoms with van der Waals surface area (Å²) in [5.74, 6) is 3.14. The Balaban J connectivity index is 1.93. The average molecular weight is 328 g/mol. The van der Waals surface area contributed by atoms with Crippen molar-refractivity contribution in [3.8, 4) is 0 Å². The van der Waals surface area contributed by atoms with Crippen molar-refractivity contribution >= 4 is 33.6 Å². The molecule has 1 amide bonds. The number of thioether (sulfide) groups is 1. The van der Waals surface area contributed by atoms with Crippen LogP contribution in [0, 0.1) is 12.8 Å². The van der Waals surface area contributed by atoms with E-state index >= 15 is 0 Å². The van der Waals surface area contributed by atoms with Crippen LogP contribution in [0.3, 0.4) is 0 Å². The van der Waals surface area contributed by atoms with Crippen molar-refractivity contribution in [3.05, 3.63) is 33.8 Å². The van der Waals surface area contributed by atoms with Crippen molar-refractivity contribution in [3.63, 3.8) is 0 Å². The second kappa shape index (κ2) is 6.62. The second-order valence-electron chi connectivity index (χ2n) is 4.70. The van der Waals surface area contributed by atoms with Gasteiger partial charge in [0.15, 0.2) is 0 Å². The van der Waals surface area contributed by atoms with Gasteiger partial charge in [0.1, 0.15) is 0 Å². The van der Waals surface area contributed by atoms with Crippen molar-refractivity contribution in [2.24, 2.45) is 5.92 Å². The predicted molar refractivity (Wildman–Crippen MR) is 81.3 cm³/mol. The van der Waals surface area contributed by atoms with Gasteiger partial charge in [0.05, 0.1) is 5.56 Å². The molecule has 2 rings (SSSR count). The fourth-order valence-corrected chi connectivity index (χ4v) is 3.75. The van der Waals surface area contributed by atoms with Crippen LogP contribution in [0.4, 0.5) is 0 Å². The lowest BCUT2D eigenvalue weighted by molar-refractivity contribution is 0.0945. The summed E-state index contributed by atoms with van der Waals surface area (Å²) in [7, 11) is 0. The van der Waals surface area contributed by atoms with E-state index in [0.29, 0.717) is 5.92 Å². The van der Waals surface area contributed by atoms with E-state index in [0.717, 1.165) is 22.1 Å². The Morgan fingerprint density at radius 3 is 2.89 bits per heavy atom. The SMILES string of the molecule is Cc1cccc(C(=O)NCC2CCSCC2)c1Br. The Morgan fingerprint density at radius 1 is 1.44 bits per heavy atom. The number of carbonyl (C=O) groups is 1. The van der Waals surface area contributed by atoms with E-state index in [4.69, 9.17) is 0 Å². The highest BCUT2D eigenvalue weighted by atomic mass is 79.9. The van der Waals surface area contributed by atoms with Gasteiger partial charge < -0.3 is 5.32 Å². The molecule has 1 aliphatic rings. The first-order chi connectivity index (χ1) is 8.68. The zero-order valence-electron chi connectivity index (χ0n) is 10.5. The van der Waals surface area contributed by atoms with E-state index in [1.54, 1.807) is 0 Å². The first-order valence-electron chi connectivity index (χ1n) is 6.29. The molecule has 1 heterocycles.